The first-order valence-corrected chi connectivity index (χ1v) is 7.49. The summed E-state index contributed by atoms with van der Waals surface area (Å²) in [6.07, 6.45) is 3.42. The molecule has 0 fully saturated rings. The summed E-state index contributed by atoms with van der Waals surface area (Å²) in [5.74, 6) is 11.4. The highest BCUT2D eigenvalue weighted by atomic mass is 16.2. The van der Waals surface area contributed by atoms with Crippen LogP contribution in [0.15, 0.2) is 22.3 Å². The molecular formula is C19H22O3. The van der Waals surface area contributed by atoms with Crippen molar-refractivity contribution in [3.63, 3.8) is 0 Å². The van der Waals surface area contributed by atoms with Gasteiger partial charge in [0.2, 0.25) is 0 Å². The van der Waals surface area contributed by atoms with Crippen LogP contribution in [0.3, 0.4) is 0 Å². The molecule has 1 N–H and O–H groups in total. The SMILES string of the molecule is CC1=C(C)C(=O)C(CCCC#CCCC#CCO)=C(C)C1=O. The Kier molecular flexibility index (Phi) is 7.37. The highest BCUT2D eigenvalue weighted by Crippen LogP contribution is 2.27. The fraction of sp³-hybridized carbons (Fsp3) is 0.474. The standard InChI is InChI=1S/C19H22O3/c1-14-15(2)19(22)17(16(3)18(14)21)12-10-8-6-4-5-7-9-11-13-20/h20H,5,7-8,10,12-13H2,1-3H3. The Morgan fingerprint density at radius 3 is 1.95 bits per heavy atom. The van der Waals surface area contributed by atoms with E-state index in [0.717, 1.165) is 6.42 Å². The Morgan fingerprint density at radius 2 is 1.32 bits per heavy atom. The Bertz CT molecular complexity index is 640. The van der Waals surface area contributed by atoms with Gasteiger partial charge in [0.1, 0.15) is 6.61 Å². The van der Waals surface area contributed by atoms with Crippen LogP contribution in [0.2, 0.25) is 0 Å². The summed E-state index contributed by atoms with van der Waals surface area (Å²) in [7, 11) is 0. The van der Waals surface area contributed by atoms with Crippen LogP contribution in [-0.4, -0.2) is 23.3 Å². The van der Waals surface area contributed by atoms with Crippen molar-refractivity contribution >= 4 is 11.6 Å². The summed E-state index contributed by atoms with van der Waals surface area (Å²) in [5.41, 5.74) is 2.36. The van der Waals surface area contributed by atoms with Crippen LogP contribution < -0.4 is 0 Å². The molecule has 0 unspecified atom stereocenters. The molecule has 1 rings (SSSR count). The summed E-state index contributed by atoms with van der Waals surface area (Å²) in [6.45, 7) is 5.05. The summed E-state index contributed by atoms with van der Waals surface area (Å²) in [5, 5.41) is 8.49. The average Bonchev–Trinajstić information content (AvgIpc) is 2.52. The number of carbonyl (C=O) groups excluding carboxylic acids is 2. The summed E-state index contributed by atoms with van der Waals surface area (Å²) < 4.78 is 0. The van der Waals surface area contributed by atoms with Gasteiger partial charge in [-0.3, -0.25) is 9.59 Å². The Balaban J connectivity index is 2.47. The third-order valence-electron chi connectivity index (χ3n) is 3.74. The van der Waals surface area contributed by atoms with Crippen molar-refractivity contribution in [1.29, 1.82) is 0 Å². The molecule has 3 nitrogen and oxygen atoms in total. The van der Waals surface area contributed by atoms with Crippen LogP contribution in [0.25, 0.3) is 0 Å². The number of hydrogen-bond donors (Lipinski definition) is 1. The minimum Gasteiger partial charge on any atom is -0.384 e. The minimum absolute atomic E-state index is 0.00170. The van der Waals surface area contributed by atoms with Gasteiger partial charge in [0.25, 0.3) is 0 Å². The van der Waals surface area contributed by atoms with Gasteiger partial charge >= 0.3 is 0 Å². The monoisotopic (exact) mass is 298 g/mol. The van der Waals surface area contributed by atoms with Crippen LogP contribution >= 0.6 is 0 Å². The van der Waals surface area contributed by atoms with E-state index < -0.39 is 0 Å². The molecule has 0 heterocycles. The van der Waals surface area contributed by atoms with Crippen molar-refractivity contribution in [3.05, 3.63) is 22.3 Å². The number of aliphatic hydroxyl groups is 1. The second-order valence-corrected chi connectivity index (χ2v) is 5.23. The number of rotatable bonds is 4. The first-order valence-electron chi connectivity index (χ1n) is 7.49. The van der Waals surface area contributed by atoms with Gasteiger partial charge in [-0.25, -0.2) is 0 Å². The van der Waals surface area contributed by atoms with Gasteiger partial charge in [0.05, 0.1) is 0 Å². The molecule has 0 amide bonds. The number of Topliss-reactive ketones (excluding diaryl/α,β-unsaturated/α-hetero) is 2. The molecule has 0 aromatic heterocycles. The molecular weight excluding hydrogens is 276 g/mol. The minimum atomic E-state index is -0.109. The summed E-state index contributed by atoms with van der Waals surface area (Å²) in [4.78, 5) is 24.2. The van der Waals surface area contributed by atoms with Gasteiger partial charge in [-0.1, -0.05) is 11.8 Å². The van der Waals surface area contributed by atoms with Crippen molar-refractivity contribution in [3.8, 4) is 23.7 Å². The predicted molar refractivity (Wildman–Crippen MR) is 86.8 cm³/mol. The molecule has 0 spiro atoms. The van der Waals surface area contributed by atoms with Gasteiger partial charge in [-0.15, -0.1) is 11.8 Å². The highest BCUT2D eigenvalue weighted by Gasteiger charge is 2.26. The maximum absolute atomic E-state index is 12.2. The van der Waals surface area contributed by atoms with Gasteiger partial charge in [0, 0.05) is 41.6 Å². The van der Waals surface area contributed by atoms with Crippen molar-refractivity contribution in [2.75, 3.05) is 6.61 Å². The number of unbranched alkanes of at least 4 members (excludes halogenated alkanes) is 2. The lowest BCUT2D eigenvalue weighted by atomic mass is 9.84. The first kappa shape index (κ1) is 18.0. The molecule has 0 saturated heterocycles. The van der Waals surface area contributed by atoms with Crippen molar-refractivity contribution in [1.82, 2.24) is 0 Å². The molecule has 0 aromatic carbocycles. The molecule has 0 bridgehead atoms. The summed E-state index contributed by atoms with van der Waals surface area (Å²) >= 11 is 0. The van der Waals surface area contributed by atoms with Crippen LogP contribution in [0, 0.1) is 23.7 Å². The van der Waals surface area contributed by atoms with E-state index in [1.807, 2.05) is 0 Å². The normalized spacial score (nSPS) is 14.5. The molecule has 0 atom stereocenters. The zero-order chi connectivity index (χ0) is 16.5. The summed E-state index contributed by atoms with van der Waals surface area (Å²) in [6, 6.07) is 0. The lowest BCUT2D eigenvalue weighted by Gasteiger charge is -2.18. The Hall–Kier alpha value is -2.10. The number of allylic oxidation sites excluding steroid dienone is 4. The van der Waals surface area contributed by atoms with Crippen molar-refractivity contribution in [2.45, 2.75) is 52.9 Å². The highest BCUT2D eigenvalue weighted by molar-refractivity contribution is 6.24. The lowest BCUT2D eigenvalue weighted by Crippen LogP contribution is -2.20. The first-order chi connectivity index (χ1) is 10.5. The lowest BCUT2D eigenvalue weighted by molar-refractivity contribution is -0.116. The van der Waals surface area contributed by atoms with Gasteiger partial charge in [-0.2, -0.15) is 0 Å². The zero-order valence-corrected chi connectivity index (χ0v) is 13.5. The van der Waals surface area contributed by atoms with Gasteiger partial charge < -0.3 is 5.11 Å². The number of hydrogen-bond acceptors (Lipinski definition) is 3. The fourth-order valence-corrected chi connectivity index (χ4v) is 2.26. The van der Waals surface area contributed by atoms with E-state index in [4.69, 9.17) is 5.11 Å². The van der Waals surface area contributed by atoms with E-state index in [0.29, 0.717) is 48.0 Å². The van der Waals surface area contributed by atoms with E-state index in [1.54, 1.807) is 20.8 Å². The molecule has 0 aliphatic heterocycles. The molecule has 1 aliphatic rings. The third-order valence-corrected chi connectivity index (χ3v) is 3.74. The number of ketones is 2. The van der Waals surface area contributed by atoms with Gasteiger partial charge in [-0.05, 0) is 33.6 Å². The number of carbonyl (C=O) groups is 2. The van der Waals surface area contributed by atoms with Crippen LogP contribution in [0.1, 0.15) is 52.9 Å². The Labute approximate surface area is 132 Å². The average molecular weight is 298 g/mol. The zero-order valence-electron chi connectivity index (χ0n) is 13.5. The molecule has 116 valence electrons. The molecule has 0 saturated carbocycles. The second-order valence-electron chi connectivity index (χ2n) is 5.23. The van der Waals surface area contributed by atoms with E-state index in [-0.39, 0.29) is 18.2 Å². The maximum Gasteiger partial charge on any atom is 0.185 e. The Morgan fingerprint density at radius 1 is 0.773 bits per heavy atom. The second kappa shape index (κ2) is 9.03. The predicted octanol–water partition coefficient (Wildman–Crippen LogP) is 2.74. The maximum atomic E-state index is 12.2. The van der Waals surface area contributed by atoms with E-state index in [9.17, 15) is 9.59 Å². The van der Waals surface area contributed by atoms with E-state index in [1.165, 1.54) is 0 Å². The largest absolute Gasteiger partial charge is 0.384 e. The topological polar surface area (TPSA) is 54.4 Å². The van der Waals surface area contributed by atoms with Crippen LogP contribution in [0.5, 0.6) is 0 Å². The van der Waals surface area contributed by atoms with Crippen LogP contribution in [0.4, 0.5) is 0 Å². The van der Waals surface area contributed by atoms with E-state index in [2.05, 4.69) is 23.7 Å². The number of aliphatic hydroxyl groups excluding tert-OH is 1. The molecule has 1 aliphatic carbocycles. The smallest absolute Gasteiger partial charge is 0.185 e. The molecule has 3 heteroatoms. The molecule has 0 aromatic rings. The molecule has 0 radical (unpaired) electrons. The third kappa shape index (κ3) is 4.72. The fourth-order valence-electron chi connectivity index (χ4n) is 2.26. The molecule has 22 heavy (non-hydrogen) atoms. The van der Waals surface area contributed by atoms with Gasteiger partial charge in [0.15, 0.2) is 11.6 Å². The van der Waals surface area contributed by atoms with Crippen LogP contribution in [-0.2, 0) is 9.59 Å². The quantitative estimate of drug-likeness (QED) is 0.493. The van der Waals surface area contributed by atoms with Crippen molar-refractivity contribution in [2.24, 2.45) is 0 Å². The van der Waals surface area contributed by atoms with Crippen molar-refractivity contribution < 1.29 is 14.7 Å². The van der Waals surface area contributed by atoms with E-state index >= 15 is 0 Å².